The summed E-state index contributed by atoms with van der Waals surface area (Å²) in [6.07, 6.45) is 0. The molecule has 2 rings (SSSR count). The Kier molecular flexibility index (Phi) is 4.98. The Hall–Kier alpha value is -1.60. The highest BCUT2D eigenvalue weighted by Gasteiger charge is 2.05. The third kappa shape index (κ3) is 3.71. The highest BCUT2D eigenvalue weighted by atomic mass is 32.2. The van der Waals surface area contributed by atoms with E-state index in [2.05, 4.69) is 15.5 Å². The number of hydrogen-bond donors (Lipinski definition) is 1. The number of hydrogen-bond acceptors (Lipinski definition) is 6. The molecule has 0 saturated carbocycles. The third-order valence-electron chi connectivity index (χ3n) is 2.17. The molecule has 6 nitrogen and oxygen atoms in total. The molecule has 2 aromatic rings. The van der Waals surface area contributed by atoms with Crippen LogP contribution in [0.15, 0.2) is 35.5 Å². The monoisotopic (exact) mass is 265 g/mol. The molecule has 7 heteroatoms. The van der Waals surface area contributed by atoms with E-state index in [1.807, 2.05) is 30.3 Å². The zero-order valence-corrected chi connectivity index (χ0v) is 10.7. The zero-order valence-electron chi connectivity index (χ0n) is 9.90. The van der Waals surface area contributed by atoms with Crippen LogP contribution in [0.5, 0.6) is 5.75 Å². The van der Waals surface area contributed by atoms with E-state index in [1.54, 1.807) is 16.4 Å². The Morgan fingerprint density at radius 3 is 2.89 bits per heavy atom. The summed E-state index contributed by atoms with van der Waals surface area (Å²) in [4.78, 5) is 0. The van der Waals surface area contributed by atoms with Gasteiger partial charge in [-0.25, -0.2) is 4.68 Å². The third-order valence-corrected chi connectivity index (χ3v) is 3.09. The molecule has 0 fully saturated rings. The lowest BCUT2D eigenvalue weighted by Crippen LogP contribution is -2.12. The maximum Gasteiger partial charge on any atom is 0.209 e. The molecule has 0 spiro atoms. The highest BCUT2D eigenvalue weighted by molar-refractivity contribution is 7.99. The maximum absolute atomic E-state index is 5.58. The van der Waals surface area contributed by atoms with Crippen molar-refractivity contribution >= 4 is 11.8 Å². The number of nitrogens with two attached hydrogens (primary N) is 1. The Bertz CT molecular complexity index is 461. The van der Waals surface area contributed by atoms with Crippen molar-refractivity contribution in [3.05, 3.63) is 30.3 Å². The van der Waals surface area contributed by atoms with Gasteiger partial charge in [0.25, 0.3) is 0 Å². The van der Waals surface area contributed by atoms with Crippen LogP contribution in [0.2, 0.25) is 0 Å². The molecule has 1 aromatic heterocycles. The second-order valence-corrected chi connectivity index (χ2v) is 4.55. The molecule has 0 unspecified atom stereocenters. The molecule has 2 N–H and O–H groups in total. The molecule has 0 aliphatic heterocycles. The molecular weight excluding hydrogens is 250 g/mol. The first-order valence-corrected chi connectivity index (χ1v) is 6.65. The van der Waals surface area contributed by atoms with Crippen LogP contribution in [0.25, 0.3) is 0 Å². The average molecular weight is 265 g/mol. The van der Waals surface area contributed by atoms with Crippen LogP contribution < -0.4 is 10.5 Å². The average Bonchev–Trinajstić information content (AvgIpc) is 2.84. The van der Waals surface area contributed by atoms with E-state index in [9.17, 15) is 0 Å². The second-order valence-electron chi connectivity index (χ2n) is 3.48. The van der Waals surface area contributed by atoms with Gasteiger partial charge in [-0.1, -0.05) is 30.0 Å². The summed E-state index contributed by atoms with van der Waals surface area (Å²) in [6.45, 7) is 1.78. The topological polar surface area (TPSA) is 78.9 Å². The van der Waals surface area contributed by atoms with Gasteiger partial charge in [-0.05, 0) is 22.6 Å². The van der Waals surface area contributed by atoms with Crippen LogP contribution in [0.1, 0.15) is 0 Å². The van der Waals surface area contributed by atoms with Crippen LogP contribution in [-0.2, 0) is 6.54 Å². The van der Waals surface area contributed by atoms with E-state index in [4.69, 9.17) is 10.5 Å². The quantitative estimate of drug-likeness (QED) is 0.589. The fraction of sp³-hybridized carbons (Fsp3) is 0.364. The van der Waals surface area contributed by atoms with E-state index < -0.39 is 0 Å². The molecule has 0 aliphatic carbocycles. The summed E-state index contributed by atoms with van der Waals surface area (Å²) >= 11 is 1.56. The van der Waals surface area contributed by atoms with Gasteiger partial charge in [0.1, 0.15) is 5.75 Å². The summed E-state index contributed by atoms with van der Waals surface area (Å²) in [6, 6.07) is 9.73. The van der Waals surface area contributed by atoms with Crippen LogP contribution >= 0.6 is 11.8 Å². The molecular formula is C11H15N5OS. The summed E-state index contributed by atoms with van der Waals surface area (Å²) < 4.78 is 7.28. The number of benzene rings is 1. The number of rotatable bonds is 7. The predicted octanol–water partition coefficient (Wildman–Crippen LogP) is 0.803. The molecule has 0 bridgehead atoms. The number of nitrogens with zero attached hydrogens (tertiary/aromatic N) is 4. The lowest BCUT2D eigenvalue weighted by Gasteiger charge is -2.05. The van der Waals surface area contributed by atoms with Crippen molar-refractivity contribution in [1.82, 2.24) is 20.2 Å². The molecule has 0 radical (unpaired) electrons. The van der Waals surface area contributed by atoms with Crippen LogP contribution in [-0.4, -0.2) is 39.1 Å². The fourth-order valence-electron chi connectivity index (χ4n) is 1.37. The molecule has 1 heterocycles. The van der Waals surface area contributed by atoms with Crippen molar-refractivity contribution in [2.75, 3.05) is 18.9 Å². The first kappa shape index (κ1) is 12.8. The van der Waals surface area contributed by atoms with E-state index in [0.29, 0.717) is 19.7 Å². The molecule has 0 aliphatic rings. The van der Waals surface area contributed by atoms with Gasteiger partial charge in [0, 0.05) is 12.3 Å². The normalized spacial score (nSPS) is 10.5. The second kappa shape index (κ2) is 6.97. The summed E-state index contributed by atoms with van der Waals surface area (Å²) in [5, 5.41) is 12.2. The van der Waals surface area contributed by atoms with Gasteiger partial charge in [-0.3, -0.25) is 0 Å². The summed E-state index contributed by atoms with van der Waals surface area (Å²) in [5.74, 6) is 1.67. The fourth-order valence-corrected chi connectivity index (χ4v) is 2.09. The van der Waals surface area contributed by atoms with Gasteiger partial charge in [0.2, 0.25) is 5.16 Å². The Morgan fingerprint density at radius 2 is 2.11 bits per heavy atom. The number of ether oxygens (including phenoxy) is 1. The van der Waals surface area contributed by atoms with Crippen molar-refractivity contribution in [3.8, 4) is 5.75 Å². The van der Waals surface area contributed by atoms with Crippen molar-refractivity contribution < 1.29 is 4.74 Å². The Labute approximate surface area is 110 Å². The van der Waals surface area contributed by atoms with Crippen LogP contribution in [0.3, 0.4) is 0 Å². The van der Waals surface area contributed by atoms with Gasteiger partial charge >= 0.3 is 0 Å². The van der Waals surface area contributed by atoms with E-state index in [1.165, 1.54) is 0 Å². The van der Waals surface area contributed by atoms with E-state index in [-0.39, 0.29) is 0 Å². The van der Waals surface area contributed by atoms with Crippen LogP contribution in [0.4, 0.5) is 0 Å². The minimum atomic E-state index is 0.527. The van der Waals surface area contributed by atoms with E-state index in [0.717, 1.165) is 16.7 Å². The summed E-state index contributed by atoms with van der Waals surface area (Å²) in [7, 11) is 0. The van der Waals surface area contributed by atoms with Crippen molar-refractivity contribution in [3.63, 3.8) is 0 Å². The molecule has 1 aromatic carbocycles. The first-order valence-electron chi connectivity index (χ1n) is 5.67. The van der Waals surface area contributed by atoms with Crippen LogP contribution in [0, 0.1) is 0 Å². The largest absolute Gasteiger partial charge is 0.493 e. The number of para-hydroxylation sites is 1. The molecule has 18 heavy (non-hydrogen) atoms. The predicted molar refractivity (Wildman–Crippen MR) is 69.5 cm³/mol. The van der Waals surface area contributed by atoms with Gasteiger partial charge in [0.05, 0.1) is 13.2 Å². The Balaban J connectivity index is 1.73. The lowest BCUT2D eigenvalue weighted by molar-refractivity contribution is 0.344. The standard InChI is InChI=1S/C11H15N5OS/c12-6-7-16-11(13-14-15-16)18-9-8-17-10-4-2-1-3-5-10/h1-5H,6-9,12H2. The number of aromatic nitrogens is 4. The maximum atomic E-state index is 5.58. The van der Waals surface area contributed by atoms with Gasteiger partial charge in [0.15, 0.2) is 0 Å². The van der Waals surface area contributed by atoms with Gasteiger partial charge < -0.3 is 10.5 Å². The van der Waals surface area contributed by atoms with Gasteiger partial charge in [-0.2, -0.15) is 0 Å². The smallest absolute Gasteiger partial charge is 0.209 e. The summed E-state index contributed by atoms with van der Waals surface area (Å²) in [5.41, 5.74) is 5.47. The number of thioether (sulfide) groups is 1. The van der Waals surface area contributed by atoms with Gasteiger partial charge in [-0.15, -0.1) is 5.10 Å². The molecule has 0 saturated heterocycles. The molecule has 0 atom stereocenters. The molecule has 96 valence electrons. The number of tetrazole rings is 1. The SMILES string of the molecule is NCCn1nnnc1SCCOc1ccccc1. The molecule has 0 amide bonds. The van der Waals surface area contributed by atoms with Crippen molar-refractivity contribution in [2.45, 2.75) is 11.7 Å². The zero-order chi connectivity index (χ0) is 12.6. The minimum absolute atomic E-state index is 0.527. The first-order chi connectivity index (χ1) is 8.90. The van der Waals surface area contributed by atoms with Crippen molar-refractivity contribution in [1.29, 1.82) is 0 Å². The highest BCUT2D eigenvalue weighted by Crippen LogP contribution is 2.14. The van der Waals surface area contributed by atoms with Crippen molar-refractivity contribution in [2.24, 2.45) is 5.73 Å². The minimum Gasteiger partial charge on any atom is -0.493 e. The lowest BCUT2D eigenvalue weighted by atomic mass is 10.3. The van der Waals surface area contributed by atoms with E-state index >= 15 is 0 Å². The Morgan fingerprint density at radius 1 is 1.28 bits per heavy atom.